The van der Waals surface area contributed by atoms with E-state index in [4.69, 9.17) is 4.52 Å². The number of nitrogens with zero attached hydrogens (tertiary/aromatic N) is 6. The lowest BCUT2D eigenvalue weighted by molar-refractivity contribution is 0.313. The van der Waals surface area contributed by atoms with Crippen molar-refractivity contribution in [1.29, 1.82) is 0 Å². The van der Waals surface area contributed by atoms with Gasteiger partial charge in [0.2, 0.25) is 0 Å². The molecule has 3 rings (SSSR count). The van der Waals surface area contributed by atoms with Crippen LogP contribution >= 0.6 is 0 Å². The third-order valence-electron chi connectivity index (χ3n) is 2.79. The van der Waals surface area contributed by atoms with Gasteiger partial charge in [-0.25, -0.2) is 4.68 Å². The second kappa shape index (κ2) is 4.46. The van der Waals surface area contributed by atoms with Gasteiger partial charge in [0.25, 0.3) is 5.89 Å². The van der Waals surface area contributed by atoms with Crippen molar-refractivity contribution < 1.29 is 4.52 Å². The zero-order valence-electron chi connectivity index (χ0n) is 10.4. The Kier molecular flexibility index (Phi) is 2.80. The van der Waals surface area contributed by atoms with Crippen molar-refractivity contribution in [3.05, 3.63) is 12.0 Å². The summed E-state index contributed by atoms with van der Waals surface area (Å²) in [4.78, 5) is 6.26. The molecular formula is C10H15N7O. The summed E-state index contributed by atoms with van der Waals surface area (Å²) in [6.45, 7) is 2.50. The molecule has 0 spiro atoms. The number of hydrogen-bond donors (Lipinski definition) is 1. The van der Waals surface area contributed by atoms with Gasteiger partial charge in [-0.1, -0.05) is 10.4 Å². The lowest BCUT2D eigenvalue weighted by Gasteiger charge is -2.26. The van der Waals surface area contributed by atoms with Crippen LogP contribution in [0, 0.1) is 0 Å². The first kappa shape index (κ1) is 11.3. The molecule has 0 atom stereocenters. The van der Waals surface area contributed by atoms with Crippen molar-refractivity contribution >= 4 is 0 Å². The van der Waals surface area contributed by atoms with Gasteiger partial charge in [-0.2, -0.15) is 4.98 Å². The van der Waals surface area contributed by atoms with E-state index in [2.05, 4.69) is 25.8 Å². The zero-order valence-corrected chi connectivity index (χ0v) is 10.4. The lowest BCUT2D eigenvalue weighted by atomic mass is 10.2. The maximum absolute atomic E-state index is 5.18. The van der Waals surface area contributed by atoms with E-state index in [1.807, 2.05) is 29.9 Å². The Hall–Kier alpha value is -1.80. The molecule has 8 nitrogen and oxygen atoms in total. The Morgan fingerprint density at radius 1 is 1.50 bits per heavy atom. The molecule has 1 aliphatic heterocycles. The highest BCUT2D eigenvalue weighted by Gasteiger charge is 2.21. The highest BCUT2D eigenvalue weighted by atomic mass is 16.5. The molecule has 1 N–H and O–H groups in total. The molecule has 1 aliphatic rings. The average molecular weight is 249 g/mol. The summed E-state index contributed by atoms with van der Waals surface area (Å²) < 4.78 is 7.01. The van der Waals surface area contributed by atoms with Crippen LogP contribution in [0.4, 0.5) is 0 Å². The molecule has 0 bridgehead atoms. The number of rotatable bonds is 4. The van der Waals surface area contributed by atoms with Crippen LogP contribution in [0.1, 0.15) is 11.9 Å². The second-order valence-corrected chi connectivity index (χ2v) is 4.65. The predicted molar refractivity (Wildman–Crippen MR) is 62.6 cm³/mol. The van der Waals surface area contributed by atoms with Crippen LogP contribution in [0.3, 0.4) is 0 Å². The summed E-state index contributed by atoms with van der Waals surface area (Å²) in [6, 6.07) is 0.385. The van der Waals surface area contributed by atoms with Crippen LogP contribution in [0.5, 0.6) is 0 Å². The van der Waals surface area contributed by atoms with Gasteiger partial charge in [0.1, 0.15) is 0 Å². The van der Waals surface area contributed by atoms with Crippen LogP contribution in [-0.2, 0) is 6.54 Å². The molecule has 3 heterocycles. The van der Waals surface area contributed by atoms with Crippen molar-refractivity contribution in [3.63, 3.8) is 0 Å². The Bertz CT molecular complexity index is 528. The number of nitrogens with one attached hydrogen (secondary N) is 1. The van der Waals surface area contributed by atoms with E-state index >= 15 is 0 Å². The molecule has 1 saturated heterocycles. The Morgan fingerprint density at radius 3 is 3.00 bits per heavy atom. The van der Waals surface area contributed by atoms with Crippen molar-refractivity contribution in [3.8, 4) is 11.6 Å². The maximum atomic E-state index is 5.18. The maximum Gasteiger partial charge on any atom is 0.280 e. The quantitative estimate of drug-likeness (QED) is 0.784. The standard InChI is InChI=1S/C10H15N7O/c1-16(2)6-9-12-10(18-14-9)8-5-17(15-13-8)7-3-11-4-7/h5,7,11H,3-4,6H2,1-2H3. The van der Waals surface area contributed by atoms with E-state index in [0.29, 0.717) is 30.0 Å². The monoisotopic (exact) mass is 249 g/mol. The molecule has 18 heavy (non-hydrogen) atoms. The van der Waals surface area contributed by atoms with E-state index in [9.17, 15) is 0 Å². The van der Waals surface area contributed by atoms with Crippen LogP contribution < -0.4 is 5.32 Å². The molecule has 0 radical (unpaired) electrons. The Labute approximate surface area is 104 Å². The summed E-state index contributed by atoms with van der Waals surface area (Å²) in [5.74, 6) is 1.07. The first-order chi connectivity index (χ1) is 8.72. The topological polar surface area (TPSA) is 84.9 Å². The zero-order chi connectivity index (χ0) is 12.5. The van der Waals surface area contributed by atoms with E-state index in [0.717, 1.165) is 13.1 Å². The van der Waals surface area contributed by atoms with Gasteiger partial charge in [0.05, 0.1) is 18.8 Å². The largest absolute Gasteiger partial charge is 0.332 e. The van der Waals surface area contributed by atoms with Crippen molar-refractivity contribution in [2.45, 2.75) is 12.6 Å². The molecule has 8 heteroatoms. The van der Waals surface area contributed by atoms with E-state index in [1.165, 1.54) is 0 Å². The van der Waals surface area contributed by atoms with Crippen LogP contribution in [0.25, 0.3) is 11.6 Å². The van der Waals surface area contributed by atoms with Gasteiger partial charge < -0.3 is 14.7 Å². The molecule has 0 unspecified atom stereocenters. The average Bonchev–Trinajstić information content (AvgIpc) is 2.83. The highest BCUT2D eigenvalue weighted by Crippen LogP contribution is 2.17. The SMILES string of the molecule is CN(C)Cc1noc(-c2cn(C3CNC3)nn2)n1. The van der Waals surface area contributed by atoms with Gasteiger partial charge in [-0.3, -0.25) is 0 Å². The molecule has 2 aromatic rings. The molecule has 0 amide bonds. The third-order valence-corrected chi connectivity index (χ3v) is 2.79. The molecule has 0 aromatic carbocycles. The molecule has 0 saturated carbocycles. The first-order valence-electron chi connectivity index (χ1n) is 5.82. The van der Waals surface area contributed by atoms with Gasteiger partial charge in [-0.15, -0.1) is 5.10 Å². The molecule has 2 aromatic heterocycles. The fraction of sp³-hybridized carbons (Fsp3) is 0.600. The van der Waals surface area contributed by atoms with E-state index < -0.39 is 0 Å². The third kappa shape index (κ3) is 2.12. The van der Waals surface area contributed by atoms with Crippen LogP contribution in [0.2, 0.25) is 0 Å². The number of aromatic nitrogens is 5. The van der Waals surface area contributed by atoms with Crippen LogP contribution in [0.15, 0.2) is 10.7 Å². The molecule has 0 aliphatic carbocycles. The van der Waals surface area contributed by atoms with Gasteiger partial charge in [-0.05, 0) is 14.1 Å². The molecule has 96 valence electrons. The number of hydrogen-bond acceptors (Lipinski definition) is 7. The first-order valence-corrected chi connectivity index (χ1v) is 5.82. The summed E-state index contributed by atoms with van der Waals surface area (Å²) in [6.07, 6.45) is 1.85. The summed E-state index contributed by atoms with van der Waals surface area (Å²) in [5, 5.41) is 15.2. The van der Waals surface area contributed by atoms with Crippen molar-refractivity contribution in [1.82, 2.24) is 35.4 Å². The minimum Gasteiger partial charge on any atom is -0.332 e. The normalized spacial score (nSPS) is 16.2. The van der Waals surface area contributed by atoms with Crippen molar-refractivity contribution in [2.75, 3.05) is 27.2 Å². The Balaban J connectivity index is 1.77. The van der Waals surface area contributed by atoms with Crippen molar-refractivity contribution in [2.24, 2.45) is 0 Å². The summed E-state index contributed by atoms with van der Waals surface area (Å²) in [5.41, 5.74) is 0.624. The molecular weight excluding hydrogens is 234 g/mol. The van der Waals surface area contributed by atoms with Gasteiger partial charge in [0, 0.05) is 13.1 Å². The highest BCUT2D eigenvalue weighted by molar-refractivity contribution is 5.43. The minimum atomic E-state index is 0.385. The second-order valence-electron chi connectivity index (χ2n) is 4.65. The van der Waals surface area contributed by atoms with E-state index in [-0.39, 0.29) is 0 Å². The summed E-state index contributed by atoms with van der Waals surface area (Å²) in [7, 11) is 3.91. The van der Waals surface area contributed by atoms with E-state index in [1.54, 1.807) is 0 Å². The fourth-order valence-electron chi connectivity index (χ4n) is 1.72. The minimum absolute atomic E-state index is 0.385. The van der Waals surface area contributed by atoms with Crippen LogP contribution in [-0.4, -0.2) is 57.2 Å². The lowest BCUT2D eigenvalue weighted by Crippen LogP contribution is -2.43. The fourth-order valence-corrected chi connectivity index (χ4v) is 1.72. The predicted octanol–water partition coefficient (Wildman–Crippen LogP) is -0.466. The smallest absolute Gasteiger partial charge is 0.280 e. The molecule has 1 fully saturated rings. The van der Waals surface area contributed by atoms with Gasteiger partial charge in [0.15, 0.2) is 11.5 Å². The Morgan fingerprint density at radius 2 is 2.33 bits per heavy atom. The summed E-state index contributed by atoms with van der Waals surface area (Å²) >= 11 is 0. The van der Waals surface area contributed by atoms with Gasteiger partial charge >= 0.3 is 0 Å².